The van der Waals surface area contributed by atoms with Crippen LogP contribution in [-0.4, -0.2) is 16.1 Å². The minimum Gasteiger partial charge on any atom is -0.412 e. The van der Waals surface area contributed by atoms with Gasteiger partial charge in [-0.2, -0.15) is 0 Å². The van der Waals surface area contributed by atoms with Crippen LogP contribution in [0.1, 0.15) is 21.8 Å². The number of aryl methyl sites for hydroxylation is 1. The van der Waals surface area contributed by atoms with Crippen LogP contribution in [0.2, 0.25) is 0 Å². The Morgan fingerprint density at radius 3 is 2.68 bits per heavy atom. The second kappa shape index (κ2) is 6.22. The molecule has 0 aliphatic heterocycles. The number of carbonyl (C=O) groups is 1. The summed E-state index contributed by atoms with van der Waals surface area (Å²) in [6.45, 7) is 2.43. The van der Waals surface area contributed by atoms with Crippen molar-refractivity contribution in [2.45, 2.75) is 13.5 Å². The standard InChI is InChI=1S/C17H15N3O2/c1-12-6-5-7-13(10-12)11-18-15(21)17-20-19-16(22-17)14-8-3-2-4-9-14/h2-10H,11H2,1H3,(H,18,21). The lowest BCUT2D eigenvalue weighted by Gasteiger charge is -2.03. The molecular formula is C17H15N3O2. The number of aromatic nitrogens is 2. The molecule has 110 valence electrons. The summed E-state index contributed by atoms with van der Waals surface area (Å²) < 4.78 is 5.41. The molecule has 1 heterocycles. The van der Waals surface area contributed by atoms with Gasteiger partial charge in [0.1, 0.15) is 0 Å². The van der Waals surface area contributed by atoms with Gasteiger partial charge in [-0.1, -0.05) is 48.0 Å². The van der Waals surface area contributed by atoms with Gasteiger partial charge < -0.3 is 9.73 Å². The third kappa shape index (κ3) is 3.20. The van der Waals surface area contributed by atoms with E-state index in [4.69, 9.17) is 4.42 Å². The molecule has 0 saturated heterocycles. The zero-order chi connectivity index (χ0) is 15.4. The molecule has 5 nitrogen and oxygen atoms in total. The number of hydrogen-bond acceptors (Lipinski definition) is 4. The van der Waals surface area contributed by atoms with E-state index in [0.29, 0.717) is 12.4 Å². The maximum Gasteiger partial charge on any atom is 0.309 e. The van der Waals surface area contributed by atoms with Crippen LogP contribution in [0.3, 0.4) is 0 Å². The molecule has 3 aromatic rings. The highest BCUT2D eigenvalue weighted by molar-refractivity contribution is 5.89. The second-order valence-corrected chi connectivity index (χ2v) is 4.95. The molecule has 5 heteroatoms. The summed E-state index contributed by atoms with van der Waals surface area (Å²) in [6, 6.07) is 17.3. The Kier molecular flexibility index (Phi) is 3.96. The summed E-state index contributed by atoms with van der Waals surface area (Å²) >= 11 is 0. The van der Waals surface area contributed by atoms with Crippen molar-refractivity contribution in [1.82, 2.24) is 15.5 Å². The Morgan fingerprint density at radius 2 is 1.91 bits per heavy atom. The minimum atomic E-state index is -0.379. The first-order chi connectivity index (χ1) is 10.7. The summed E-state index contributed by atoms with van der Waals surface area (Å²) in [4.78, 5) is 12.0. The maximum atomic E-state index is 12.0. The summed E-state index contributed by atoms with van der Waals surface area (Å²) in [6.07, 6.45) is 0. The lowest BCUT2D eigenvalue weighted by Crippen LogP contribution is -2.23. The van der Waals surface area contributed by atoms with Gasteiger partial charge in [0.05, 0.1) is 0 Å². The molecule has 3 rings (SSSR count). The van der Waals surface area contributed by atoms with E-state index in [-0.39, 0.29) is 11.8 Å². The van der Waals surface area contributed by atoms with E-state index in [1.807, 2.05) is 61.5 Å². The predicted molar refractivity (Wildman–Crippen MR) is 82.1 cm³/mol. The van der Waals surface area contributed by atoms with Gasteiger partial charge >= 0.3 is 11.8 Å². The lowest BCUT2D eigenvalue weighted by molar-refractivity contribution is 0.0917. The first-order valence-electron chi connectivity index (χ1n) is 6.95. The number of nitrogens with one attached hydrogen (secondary N) is 1. The van der Waals surface area contributed by atoms with Crippen LogP contribution < -0.4 is 5.32 Å². The topological polar surface area (TPSA) is 68.0 Å². The van der Waals surface area contributed by atoms with Crippen molar-refractivity contribution in [3.8, 4) is 11.5 Å². The third-order valence-corrected chi connectivity index (χ3v) is 3.18. The highest BCUT2D eigenvalue weighted by Crippen LogP contribution is 2.16. The molecule has 0 spiro atoms. The Balaban J connectivity index is 1.67. The number of carbonyl (C=O) groups excluding carboxylic acids is 1. The first kappa shape index (κ1) is 14.0. The van der Waals surface area contributed by atoms with Crippen molar-refractivity contribution in [1.29, 1.82) is 0 Å². The fourth-order valence-corrected chi connectivity index (χ4v) is 2.09. The average Bonchev–Trinajstić information content (AvgIpc) is 3.04. The Bertz CT molecular complexity index is 781. The average molecular weight is 293 g/mol. The molecule has 0 radical (unpaired) electrons. The molecule has 22 heavy (non-hydrogen) atoms. The van der Waals surface area contributed by atoms with Gasteiger partial charge in [0, 0.05) is 12.1 Å². The van der Waals surface area contributed by atoms with E-state index in [1.165, 1.54) is 0 Å². The van der Waals surface area contributed by atoms with Crippen LogP contribution in [-0.2, 0) is 6.54 Å². The Hall–Kier alpha value is -2.95. The molecule has 0 unspecified atom stereocenters. The predicted octanol–water partition coefficient (Wildman–Crippen LogP) is 2.98. The van der Waals surface area contributed by atoms with Gasteiger partial charge in [-0.05, 0) is 24.6 Å². The third-order valence-electron chi connectivity index (χ3n) is 3.18. The van der Waals surface area contributed by atoms with Gasteiger partial charge in [-0.3, -0.25) is 4.79 Å². The number of benzene rings is 2. The van der Waals surface area contributed by atoms with E-state index < -0.39 is 0 Å². The molecular weight excluding hydrogens is 278 g/mol. The van der Waals surface area contributed by atoms with Gasteiger partial charge in [0.2, 0.25) is 5.89 Å². The highest BCUT2D eigenvalue weighted by atomic mass is 16.4. The SMILES string of the molecule is Cc1cccc(CNC(=O)c2nnc(-c3ccccc3)o2)c1. The van der Waals surface area contributed by atoms with Crippen molar-refractivity contribution in [2.24, 2.45) is 0 Å². The molecule has 0 fully saturated rings. The summed E-state index contributed by atoms with van der Waals surface area (Å²) in [7, 11) is 0. The van der Waals surface area contributed by atoms with Crippen LogP contribution in [0.5, 0.6) is 0 Å². The molecule has 0 saturated carbocycles. The van der Waals surface area contributed by atoms with Crippen molar-refractivity contribution in [2.75, 3.05) is 0 Å². The van der Waals surface area contributed by atoms with E-state index in [0.717, 1.165) is 16.7 Å². The van der Waals surface area contributed by atoms with Crippen molar-refractivity contribution < 1.29 is 9.21 Å². The fourth-order valence-electron chi connectivity index (χ4n) is 2.09. The Morgan fingerprint density at radius 1 is 1.09 bits per heavy atom. The summed E-state index contributed by atoms with van der Waals surface area (Å²) in [5.74, 6) is -0.0796. The number of rotatable bonds is 4. The Labute approximate surface area is 128 Å². The zero-order valence-electron chi connectivity index (χ0n) is 12.1. The fraction of sp³-hybridized carbons (Fsp3) is 0.118. The normalized spacial score (nSPS) is 10.4. The number of hydrogen-bond donors (Lipinski definition) is 1. The van der Waals surface area contributed by atoms with Gasteiger partial charge in [0.25, 0.3) is 0 Å². The highest BCUT2D eigenvalue weighted by Gasteiger charge is 2.15. The summed E-state index contributed by atoms with van der Waals surface area (Å²) in [5.41, 5.74) is 2.96. The van der Waals surface area contributed by atoms with Crippen LogP contribution in [0.15, 0.2) is 59.0 Å². The smallest absolute Gasteiger partial charge is 0.309 e. The first-order valence-corrected chi connectivity index (χ1v) is 6.95. The van der Waals surface area contributed by atoms with Crippen LogP contribution in [0.4, 0.5) is 0 Å². The quantitative estimate of drug-likeness (QED) is 0.803. The second-order valence-electron chi connectivity index (χ2n) is 4.95. The maximum absolute atomic E-state index is 12.0. The summed E-state index contributed by atoms with van der Waals surface area (Å²) in [5, 5.41) is 10.5. The van der Waals surface area contributed by atoms with Gasteiger partial charge in [-0.25, -0.2) is 0 Å². The monoisotopic (exact) mass is 293 g/mol. The zero-order valence-corrected chi connectivity index (χ0v) is 12.1. The van der Waals surface area contributed by atoms with Crippen LogP contribution in [0, 0.1) is 6.92 Å². The van der Waals surface area contributed by atoms with E-state index in [9.17, 15) is 4.79 Å². The van der Waals surface area contributed by atoms with Crippen molar-refractivity contribution >= 4 is 5.91 Å². The van der Waals surface area contributed by atoms with Crippen molar-refractivity contribution in [3.63, 3.8) is 0 Å². The molecule has 1 N–H and O–H groups in total. The largest absolute Gasteiger partial charge is 0.412 e. The van der Waals surface area contributed by atoms with E-state index in [2.05, 4.69) is 15.5 Å². The van der Waals surface area contributed by atoms with E-state index in [1.54, 1.807) is 0 Å². The van der Waals surface area contributed by atoms with Crippen LogP contribution in [0.25, 0.3) is 11.5 Å². The molecule has 0 bridgehead atoms. The van der Waals surface area contributed by atoms with E-state index >= 15 is 0 Å². The molecule has 0 atom stereocenters. The number of nitrogens with zero attached hydrogens (tertiary/aromatic N) is 2. The molecule has 1 aromatic heterocycles. The molecule has 0 aliphatic rings. The lowest BCUT2D eigenvalue weighted by atomic mass is 10.1. The molecule has 1 amide bonds. The van der Waals surface area contributed by atoms with Crippen molar-refractivity contribution in [3.05, 3.63) is 71.6 Å². The number of amides is 1. The molecule has 2 aromatic carbocycles. The molecule has 0 aliphatic carbocycles. The van der Waals surface area contributed by atoms with Crippen LogP contribution >= 0.6 is 0 Å². The minimum absolute atomic E-state index is 0.0356. The van der Waals surface area contributed by atoms with Gasteiger partial charge in [0.15, 0.2) is 0 Å². The van der Waals surface area contributed by atoms with Gasteiger partial charge in [-0.15, -0.1) is 10.2 Å².